The number of alkyl halides is 2. The summed E-state index contributed by atoms with van der Waals surface area (Å²) >= 11 is 13.7. The molecule has 1 aromatic carbocycles. The lowest BCUT2D eigenvalue weighted by molar-refractivity contribution is 0.389. The molecule has 2 unspecified atom stereocenters. The summed E-state index contributed by atoms with van der Waals surface area (Å²) in [5.41, 5.74) is 7.80. The van der Waals surface area contributed by atoms with Crippen LogP contribution in [0, 0.1) is 38.5 Å². The molecule has 0 aliphatic carbocycles. The molecule has 0 bridgehead atoms. The van der Waals surface area contributed by atoms with E-state index in [0.717, 1.165) is 0 Å². The van der Waals surface area contributed by atoms with Gasteiger partial charge >= 0.3 is 0 Å². The third-order valence-corrected chi connectivity index (χ3v) is 6.51. The Morgan fingerprint density at radius 2 is 0.727 bits per heavy atom. The highest BCUT2D eigenvalue weighted by atomic mass is 35.5. The molecule has 126 valence electrons. The Balaban J connectivity index is 3.66. The number of hydrogen-bond acceptors (Lipinski definition) is 0. The molecule has 0 nitrogen and oxygen atoms in total. The van der Waals surface area contributed by atoms with Crippen LogP contribution in [0.2, 0.25) is 0 Å². The molecule has 0 spiro atoms. The van der Waals surface area contributed by atoms with E-state index in [1.807, 2.05) is 0 Å². The van der Waals surface area contributed by atoms with Crippen molar-refractivity contribution < 1.29 is 0 Å². The van der Waals surface area contributed by atoms with Crippen molar-refractivity contribution in [3.63, 3.8) is 0 Å². The first-order chi connectivity index (χ1) is 9.71. The van der Waals surface area contributed by atoms with Gasteiger partial charge in [0.2, 0.25) is 0 Å². The maximum Gasteiger partial charge on any atom is 0.0638 e. The molecule has 1 aromatic rings. The second-order valence-corrected chi connectivity index (χ2v) is 9.66. The van der Waals surface area contributed by atoms with Crippen LogP contribution in [0.5, 0.6) is 0 Å². The standard InChI is InChI=1S/C20H32Cl2/c1-11-12(2)16(18(22)20(8,9)10)14(4)13(3)15(11)17(21)19(5,6)7/h17-18H,1-10H3. The summed E-state index contributed by atoms with van der Waals surface area (Å²) in [4.78, 5) is 0. The van der Waals surface area contributed by atoms with Crippen molar-refractivity contribution in [2.24, 2.45) is 10.8 Å². The minimum atomic E-state index is 0.00219. The fraction of sp³-hybridized carbons (Fsp3) is 0.700. The zero-order chi connectivity index (χ0) is 17.6. The van der Waals surface area contributed by atoms with Crippen molar-refractivity contribution in [3.05, 3.63) is 33.4 Å². The summed E-state index contributed by atoms with van der Waals surface area (Å²) in [6.45, 7) is 21.9. The van der Waals surface area contributed by atoms with Crippen molar-refractivity contribution in [1.82, 2.24) is 0 Å². The molecule has 0 N–H and O–H groups in total. The first kappa shape index (κ1) is 19.8. The van der Waals surface area contributed by atoms with Gasteiger partial charge in [-0.3, -0.25) is 0 Å². The first-order valence-electron chi connectivity index (χ1n) is 8.09. The molecule has 0 aromatic heterocycles. The van der Waals surface area contributed by atoms with Crippen molar-refractivity contribution in [3.8, 4) is 0 Å². The Morgan fingerprint density at radius 3 is 0.864 bits per heavy atom. The molecular formula is C20H32Cl2. The molecule has 0 saturated carbocycles. The van der Waals surface area contributed by atoms with Gasteiger partial charge in [-0.15, -0.1) is 23.2 Å². The van der Waals surface area contributed by atoms with E-state index < -0.39 is 0 Å². The Bertz CT molecular complexity index is 477. The lowest BCUT2D eigenvalue weighted by Gasteiger charge is -2.34. The molecule has 0 amide bonds. The average molecular weight is 343 g/mol. The second-order valence-electron chi connectivity index (χ2n) is 8.78. The maximum atomic E-state index is 6.83. The molecule has 0 heterocycles. The van der Waals surface area contributed by atoms with E-state index in [9.17, 15) is 0 Å². The lowest BCUT2D eigenvalue weighted by atomic mass is 9.76. The predicted molar refractivity (Wildman–Crippen MR) is 101 cm³/mol. The van der Waals surface area contributed by atoms with Crippen LogP contribution in [-0.4, -0.2) is 0 Å². The van der Waals surface area contributed by atoms with Gasteiger partial charge in [-0.2, -0.15) is 0 Å². The van der Waals surface area contributed by atoms with E-state index in [0.29, 0.717) is 0 Å². The summed E-state index contributed by atoms with van der Waals surface area (Å²) in [6.07, 6.45) is 0. The van der Waals surface area contributed by atoms with E-state index >= 15 is 0 Å². The van der Waals surface area contributed by atoms with Gasteiger partial charge < -0.3 is 0 Å². The number of benzene rings is 1. The van der Waals surface area contributed by atoms with Crippen LogP contribution in [0.3, 0.4) is 0 Å². The van der Waals surface area contributed by atoms with Gasteiger partial charge in [0.05, 0.1) is 10.8 Å². The third-order valence-electron chi connectivity index (χ3n) is 4.77. The molecule has 0 aliphatic rings. The van der Waals surface area contributed by atoms with E-state index in [4.69, 9.17) is 23.2 Å². The van der Waals surface area contributed by atoms with Crippen molar-refractivity contribution in [1.29, 1.82) is 0 Å². The number of halogens is 2. The largest absolute Gasteiger partial charge is 0.117 e. The minimum Gasteiger partial charge on any atom is -0.117 e. The molecule has 1 rings (SSSR count). The normalized spacial score (nSPS) is 15.8. The van der Waals surface area contributed by atoms with Gasteiger partial charge in [0.25, 0.3) is 0 Å². The summed E-state index contributed by atoms with van der Waals surface area (Å²) in [7, 11) is 0. The van der Waals surface area contributed by atoms with E-state index in [1.54, 1.807) is 0 Å². The zero-order valence-electron chi connectivity index (χ0n) is 15.9. The highest BCUT2D eigenvalue weighted by Gasteiger charge is 2.32. The fourth-order valence-corrected chi connectivity index (χ4v) is 3.65. The maximum absolute atomic E-state index is 6.83. The van der Waals surface area contributed by atoms with Gasteiger partial charge in [0, 0.05) is 0 Å². The van der Waals surface area contributed by atoms with Crippen LogP contribution in [0.25, 0.3) is 0 Å². The van der Waals surface area contributed by atoms with Crippen molar-refractivity contribution >= 4 is 23.2 Å². The highest BCUT2D eigenvalue weighted by molar-refractivity contribution is 6.22. The molecule has 2 atom stereocenters. The van der Waals surface area contributed by atoms with E-state index in [1.165, 1.54) is 33.4 Å². The fourth-order valence-electron chi connectivity index (χ4n) is 3.00. The zero-order valence-corrected chi connectivity index (χ0v) is 17.4. The number of rotatable bonds is 2. The molecule has 22 heavy (non-hydrogen) atoms. The summed E-state index contributed by atoms with van der Waals surface area (Å²) in [6, 6.07) is 0. The Labute approximate surface area is 147 Å². The van der Waals surface area contributed by atoms with Gasteiger partial charge in [-0.05, 0) is 71.9 Å². The van der Waals surface area contributed by atoms with Crippen LogP contribution in [-0.2, 0) is 0 Å². The Morgan fingerprint density at radius 1 is 0.545 bits per heavy atom. The van der Waals surface area contributed by atoms with Gasteiger partial charge in [0.15, 0.2) is 0 Å². The molecule has 0 fully saturated rings. The summed E-state index contributed by atoms with van der Waals surface area (Å²) in [5, 5.41) is 0.00437. The third kappa shape index (κ3) is 3.65. The van der Waals surface area contributed by atoms with Crippen LogP contribution in [0.4, 0.5) is 0 Å². The molecular weight excluding hydrogens is 311 g/mol. The molecule has 0 saturated heterocycles. The summed E-state index contributed by atoms with van der Waals surface area (Å²) in [5.74, 6) is 0. The monoisotopic (exact) mass is 342 g/mol. The molecule has 2 heteroatoms. The Hall–Kier alpha value is -0.200. The lowest BCUT2D eigenvalue weighted by Crippen LogP contribution is -2.20. The second kappa shape index (κ2) is 6.36. The molecule has 0 aliphatic heterocycles. The SMILES string of the molecule is Cc1c(C)c(C(Cl)C(C)(C)C)c(C)c(C)c1C(Cl)C(C)(C)C. The average Bonchev–Trinajstić information content (AvgIpc) is 2.34. The van der Waals surface area contributed by atoms with Crippen LogP contribution >= 0.6 is 23.2 Å². The van der Waals surface area contributed by atoms with Crippen LogP contribution in [0.15, 0.2) is 0 Å². The van der Waals surface area contributed by atoms with E-state index in [2.05, 4.69) is 69.2 Å². The van der Waals surface area contributed by atoms with Crippen molar-refractivity contribution in [2.75, 3.05) is 0 Å². The minimum absolute atomic E-state index is 0.00219. The Kier molecular flexibility index (Phi) is 5.74. The summed E-state index contributed by atoms with van der Waals surface area (Å²) < 4.78 is 0. The smallest absolute Gasteiger partial charge is 0.0638 e. The van der Waals surface area contributed by atoms with Gasteiger partial charge in [0.1, 0.15) is 0 Å². The predicted octanol–water partition coefficient (Wildman–Crippen LogP) is 7.57. The van der Waals surface area contributed by atoms with Gasteiger partial charge in [-0.25, -0.2) is 0 Å². The van der Waals surface area contributed by atoms with Crippen LogP contribution in [0.1, 0.15) is 85.7 Å². The van der Waals surface area contributed by atoms with Crippen LogP contribution < -0.4 is 0 Å². The topological polar surface area (TPSA) is 0 Å². The number of hydrogen-bond donors (Lipinski definition) is 0. The molecule has 0 radical (unpaired) electrons. The van der Waals surface area contributed by atoms with E-state index in [-0.39, 0.29) is 21.6 Å². The quantitative estimate of drug-likeness (QED) is 0.486. The van der Waals surface area contributed by atoms with Crippen molar-refractivity contribution in [2.45, 2.75) is 80.0 Å². The van der Waals surface area contributed by atoms with Gasteiger partial charge in [-0.1, -0.05) is 41.5 Å². The first-order valence-corrected chi connectivity index (χ1v) is 8.96. The highest BCUT2D eigenvalue weighted by Crippen LogP contribution is 2.47.